The molecule has 170 valence electrons. The molecule has 4 fully saturated rings. The van der Waals surface area contributed by atoms with E-state index in [9.17, 15) is 26.8 Å². The summed E-state index contributed by atoms with van der Waals surface area (Å²) in [7, 11) is -1.85. The van der Waals surface area contributed by atoms with Gasteiger partial charge in [-0.05, 0) is 39.0 Å². The van der Waals surface area contributed by atoms with Crippen molar-refractivity contribution in [1.82, 2.24) is 25.0 Å². The first kappa shape index (κ1) is 21.8. The summed E-state index contributed by atoms with van der Waals surface area (Å²) in [5, 5.41) is 0.999. The van der Waals surface area contributed by atoms with Gasteiger partial charge in [0.1, 0.15) is 0 Å². The summed E-state index contributed by atoms with van der Waals surface area (Å²) in [4.78, 5) is 27.3. The summed E-state index contributed by atoms with van der Waals surface area (Å²) in [6.07, 6.45) is 1.68. The molecule has 4 unspecified atom stereocenters. The summed E-state index contributed by atoms with van der Waals surface area (Å²) in [6.45, 7) is -0.0561. The molecule has 2 aliphatic heterocycles. The standard InChI is InChI=1S/C18H29F2N5O4S/c1-18(5-6-18)22-30(28,29)12-3-4-14-13(7-12)15(26)24(17(27)25(14)16(19)20)10-11-8-21-23(2)9-11/h11-14,16,21-22H,3-10H2,1-2H3. The molecular formula is C18H29F2N5O4S. The number of carbonyl (C=O) groups is 2. The average molecular weight is 450 g/mol. The molecule has 2 N–H and O–H groups in total. The number of sulfonamides is 1. The molecule has 0 bridgehead atoms. The van der Waals surface area contributed by atoms with Gasteiger partial charge in [-0.25, -0.2) is 22.9 Å². The summed E-state index contributed by atoms with van der Waals surface area (Å²) in [5.41, 5.74) is 2.63. The molecule has 0 aromatic carbocycles. The Kier molecular flexibility index (Phi) is 5.57. The molecule has 4 aliphatic rings. The summed E-state index contributed by atoms with van der Waals surface area (Å²) < 4.78 is 55.9. The summed E-state index contributed by atoms with van der Waals surface area (Å²) >= 11 is 0. The number of urea groups is 1. The van der Waals surface area contributed by atoms with Crippen LogP contribution in [0.3, 0.4) is 0 Å². The molecule has 30 heavy (non-hydrogen) atoms. The third-order valence-corrected chi connectivity index (χ3v) is 8.90. The Morgan fingerprint density at radius 2 is 1.97 bits per heavy atom. The number of imide groups is 1. The molecular weight excluding hydrogens is 420 g/mol. The third kappa shape index (κ3) is 4.06. The minimum Gasteiger partial charge on any atom is -0.274 e. The predicted octanol–water partition coefficient (Wildman–Crippen LogP) is 0.549. The number of hydrazine groups is 1. The first-order chi connectivity index (χ1) is 14.0. The zero-order valence-corrected chi connectivity index (χ0v) is 18.0. The second-order valence-corrected chi connectivity index (χ2v) is 11.3. The molecule has 0 spiro atoms. The van der Waals surface area contributed by atoms with Crippen LogP contribution >= 0.6 is 0 Å². The van der Waals surface area contributed by atoms with Crippen LogP contribution in [0.15, 0.2) is 0 Å². The Bertz CT molecular complexity index is 821. The number of halogens is 2. The lowest BCUT2D eigenvalue weighted by molar-refractivity contribution is -0.148. The van der Waals surface area contributed by atoms with Gasteiger partial charge in [-0.15, -0.1) is 0 Å². The van der Waals surface area contributed by atoms with E-state index in [0.29, 0.717) is 18.0 Å². The molecule has 2 saturated carbocycles. The molecule has 4 rings (SSSR count). The van der Waals surface area contributed by atoms with Crippen LogP contribution < -0.4 is 10.1 Å². The Balaban J connectivity index is 1.54. The van der Waals surface area contributed by atoms with Crippen molar-refractivity contribution in [2.24, 2.45) is 11.8 Å². The van der Waals surface area contributed by atoms with Gasteiger partial charge in [0, 0.05) is 38.1 Å². The van der Waals surface area contributed by atoms with Crippen molar-refractivity contribution < 1.29 is 26.8 Å². The van der Waals surface area contributed by atoms with E-state index >= 15 is 0 Å². The maximum Gasteiger partial charge on any atom is 0.331 e. The number of nitrogens with zero attached hydrogens (tertiary/aromatic N) is 3. The van der Waals surface area contributed by atoms with Gasteiger partial charge in [-0.1, -0.05) is 0 Å². The lowest BCUT2D eigenvalue weighted by atomic mass is 9.81. The zero-order valence-electron chi connectivity index (χ0n) is 17.2. The number of hydrogen-bond donors (Lipinski definition) is 2. The van der Waals surface area contributed by atoms with Crippen molar-refractivity contribution in [3.8, 4) is 0 Å². The smallest absolute Gasteiger partial charge is 0.274 e. The van der Waals surface area contributed by atoms with Gasteiger partial charge in [0.15, 0.2) is 0 Å². The number of hydrogen-bond acceptors (Lipinski definition) is 6. The fraction of sp³-hybridized carbons (Fsp3) is 0.889. The van der Waals surface area contributed by atoms with Crippen LogP contribution in [-0.4, -0.2) is 85.2 Å². The first-order valence-electron chi connectivity index (χ1n) is 10.4. The van der Waals surface area contributed by atoms with E-state index in [4.69, 9.17) is 0 Å². The van der Waals surface area contributed by atoms with Gasteiger partial charge in [-0.2, -0.15) is 8.78 Å². The van der Waals surface area contributed by atoms with Crippen molar-refractivity contribution in [2.75, 3.05) is 26.7 Å². The van der Waals surface area contributed by atoms with Crippen LogP contribution in [0, 0.1) is 11.8 Å². The van der Waals surface area contributed by atoms with Crippen LogP contribution in [0.25, 0.3) is 0 Å². The fourth-order valence-electron chi connectivity index (χ4n) is 4.87. The Labute approximate surface area is 175 Å². The van der Waals surface area contributed by atoms with Crippen molar-refractivity contribution >= 4 is 22.0 Å². The van der Waals surface area contributed by atoms with E-state index in [0.717, 1.165) is 17.7 Å². The number of carbonyl (C=O) groups excluding carboxylic acids is 2. The minimum atomic E-state index is -3.68. The molecule has 3 amide bonds. The largest absolute Gasteiger partial charge is 0.331 e. The lowest BCUT2D eigenvalue weighted by Crippen LogP contribution is -2.65. The molecule has 0 radical (unpaired) electrons. The number of amides is 3. The molecule has 0 aromatic rings. The molecule has 2 aliphatic carbocycles. The van der Waals surface area contributed by atoms with Crippen LogP contribution in [0.5, 0.6) is 0 Å². The number of nitrogens with one attached hydrogen (secondary N) is 2. The van der Waals surface area contributed by atoms with E-state index in [1.807, 2.05) is 19.0 Å². The van der Waals surface area contributed by atoms with Gasteiger partial charge in [0.05, 0.1) is 17.2 Å². The Morgan fingerprint density at radius 3 is 2.53 bits per heavy atom. The van der Waals surface area contributed by atoms with Crippen molar-refractivity contribution in [3.05, 3.63) is 0 Å². The summed E-state index contributed by atoms with van der Waals surface area (Å²) in [6, 6.07) is -1.94. The lowest BCUT2D eigenvalue weighted by Gasteiger charge is -2.48. The van der Waals surface area contributed by atoms with Crippen molar-refractivity contribution in [2.45, 2.75) is 62.4 Å². The maximum absolute atomic E-state index is 13.8. The van der Waals surface area contributed by atoms with Gasteiger partial charge < -0.3 is 0 Å². The molecule has 2 saturated heterocycles. The van der Waals surface area contributed by atoms with E-state index in [1.165, 1.54) is 0 Å². The zero-order chi connectivity index (χ0) is 21.8. The quantitative estimate of drug-likeness (QED) is 0.575. The predicted molar refractivity (Wildman–Crippen MR) is 104 cm³/mol. The maximum atomic E-state index is 13.8. The van der Waals surface area contributed by atoms with E-state index in [-0.39, 0.29) is 31.7 Å². The minimum absolute atomic E-state index is 0.0369. The van der Waals surface area contributed by atoms with Gasteiger partial charge in [-0.3, -0.25) is 20.0 Å². The fourth-order valence-corrected chi connectivity index (χ4v) is 6.83. The second kappa shape index (κ2) is 7.64. The van der Waals surface area contributed by atoms with Crippen molar-refractivity contribution in [1.29, 1.82) is 0 Å². The number of fused-ring (bicyclic) bond motifs is 1. The number of alkyl halides is 2. The van der Waals surface area contributed by atoms with E-state index < -0.39 is 51.3 Å². The third-order valence-electron chi connectivity index (χ3n) is 6.82. The monoisotopic (exact) mass is 449 g/mol. The van der Waals surface area contributed by atoms with Crippen LogP contribution in [0.1, 0.15) is 39.0 Å². The van der Waals surface area contributed by atoms with Crippen LogP contribution in [0.2, 0.25) is 0 Å². The molecule has 2 heterocycles. The van der Waals surface area contributed by atoms with Crippen LogP contribution in [0.4, 0.5) is 13.6 Å². The topological polar surface area (TPSA) is 102 Å². The van der Waals surface area contributed by atoms with E-state index in [2.05, 4.69) is 10.1 Å². The average Bonchev–Trinajstić information content (AvgIpc) is 3.22. The van der Waals surface area contributed by atoms with Crippen molar-refractivity contribution in [3.63, 3.8) is 0 Å². The van der Waals surface area contributed by atoms with Crippen LogP contribution in [-0.2, 0) is 14.8 Å². The highest BCUT2D eigenvalue weighted by Gasteiger charge is 2.54. The molecule has 0 aromatic heterocycles. The SMILES string of the molecule is CN1CC(CN2C(=O)C3CC(S(=O)(=O)NC4(C)CC4)CCC3N(C(F)F)C2=O)CN1. The second-order valence-electron chi connectivity index (χ2n) is 9.34. The first-order valence-corrected chi connectivity index (χ1v) is 11.9. The molecule has 12 heteroatoms. The Morgan fingerprint density at radius 1 is 1.27 bits per heavy atom. The highest BCUT2D eigenvalue weighted by molar-refractivity contribution is 7.90. The normalized spacial score (nSPS) is 34.6. The molecule has 9 nitrogen and oxygen atoms in total. The van der Waals surface area contributed by atoms with E-state index in [1.54, 1.807) is 0 Å². The highest BCUT2D eigenvalue weighted by Crippen LogP contribution is 2.41. The van der Waals surface area contributed by atoms with Gasteiger partial charge >= 0.3 is 12.6 Å². The molecule has 4 atom stereocenters. The number of rotatable bonds is 6. The van der Waals surface area contributed by atoms with Gasteiger partial charge in [0.2, 0.25) is 15.9 Å². The Hall–Kier alpha value is -1.37. The highest BCUT2D eigenvalue weighted by atomic mass is 32.2. The van der Waals surface area contributed by atoms with Gasteiger partial charge in [0.25, 0.3) is 0 Å². The summed E-state index contributed by atoms with van der Waals surface area (Å²) in [5.74, 6) is -1.54.